The third kappa shape index (κ3) is 2.42. The van der Waals surface area contributed by atoms with Crippen molar-refractivity contribution in [3.63, 3.8) is 0 Å². The normalized spacial score (nSPS) is 15.3. The van der Waals surface area contributed by atoms with Gasteiger partial charge in [0.05, 0.1) is 12.0 Å². The SMILES string of the molecule is Cc1cn(SI)c2nc(Cl)nc(OCC3CC3)c12. The van der Waals surface area contributed by atoms with Gasteiger partial charge < -0.3 is 4.74 Å². The molecule has 4 nitrogen and oxygen atoms in total. The number of halogens is 2. The number of ether oxygens (including phenoxy) is 1. The molecule has 96 valence electrons. The molecule has 2 aromatic rings. The number of hydrogen-bond donors (Lipinski definition) is 0. The van der Waals surface area contributed by atoms with Gasteiger partial charge in [-0.05, 0) is 42.8 Å². The number of rotatable bonds is 4. The van der Waals surface area contributed by atoms with Crippen molar-refractivity contribution in [3.8, 4) is 5.88 Å². The van der Waals surface area contributed by atoms with E-state index in [0.29, 0.717) is 11.8 Å². The summed E-state index contributed by atoms with van der Waals surface area (Å²) in [6.07, 6.45) is 4.54. The predicted octanol–water partition coefficient (Wildman–Crippen LogP) is 4.03. The predicted molar refractivity (Wildman–Crippen MR) is 82.5 cm³/mol. The van der Waals surface area contributed by atoms with Crippen molar-refractivity contribution in [2.75, 3.05) is 6.61 Å². The van der Waals surface area contributed by atoms with Gasteiger partial charge in [0.25, 0.3) is 0 Å². The number of hydrogen-bond acceptors (Lipinski definition) is 4. The van der Waals surface area contributed by atoms with E-state index < -0.39 is 0 Å². The lowest BCUT2D eigenvalue weighted by molar-refractivity contribution is 0.292. The molecule has 0 saturated heterocycles. The summed E-state index contributed by atoms with van der Waals surface area (Å²) in [4.78, 5) is 8.50. The first kappa shape index (κ1) is 12.8. The summed E-state index contributed by atoms with van der Waals surface area (Å²) in [5.74, 6) is 1.30. The van der Waals surface area contributed by atoms with Crippen LogP contribution in [0.25, 0.3) is 11.0 Å². The van der Waals surface area contributed by atoms with Crippen LogP contribution in [0.1, 0.15) is 18.4 Å². The zero-order chi connectivity index (χ0) is 12.7. The fraction of sp³-hybridized carbons (Fsp3) is 0.455. The molecule has 2 aromatic heterocycles. The molecule has 0 amide bonds. The summed E-state index contributed by atoms with van der Waals surface area (Å²) >= 11 is 8.18. The van der Waals surface area contributed by atoms with Gasteiger partial charge >= 0.3 is 0 Å². The molecule has 1 fully saturated rings. The highest BCUT2D eigenvalue weighted by molar-refractivity contribution is 14.2. The minimum absolute atomic E-state index is 0.234. The van der Waals surface area contributed by atoms with Crippen molar-refractivity contribution in [3.05, 3.63) is 17.0 Å². The van der Waals surface area contributed by atoms with E-state index in [1.54, 1.807) is 9.12 Å². The van der Waals surface area contributed by atoms with Gasteiger partial charge in [-0.15, -0.1) is 0 Å². The van der Waals surface area contributed by atoms with Crippen LogP contribution in [0.15, 0.2) is 6.20 Å². The van der Waals surface area contributed by atoms with Crippen molar-refractivity contribution in [2.24, 2.45) is 5.92 Å². The molecule has 1 aliphatic carbocycles. The van der Waals surface area contributed by atoms with Gasteiger partial charge in [-0.2, -0.15) is 9.97 Å². The third-order valence-corrected chi connectivity index (χ3v) is 4.84. The molecule has 2 heterocycles. The molecule has 0 radical (unpaired) electrons. The van der Waals surface area contributed by atoms with Crippen LogP contribution in [-0.4, -0.2) is 20.5 Å². The Morgan fingerprint density at radius 2 is 2.33 bits per heavy atom. The van der Waals surface area contributed by atoms with Crippen molar-refractivity contribution in [2.45, 2.75) is 19.8 Å². The standard InChI is InChI=1S/C11H11ClIN3OS/c1-6-4-16(18-13)9-8(6)10(15-11(12)14-9)17-5-7-2-3-7/h4,7H,2-3,5H2,1H3. The van der Waals surface area contributed by atoms with E-state index in [9.17, 15) is 0 Å². The molecule has 1 saturated carbocycles. The first-order valence-corrected chi connectivity index (χ1v) is 9.35. The molecule has 0 N–H and O–H groups in total. The third-order valence-electron chi connectivity index (χ3n) is 2.97. The molecule has 1 aliphatic rings. The van der Waals surface area contributed by atoms with E-state index in [0.717, 1.165) is 23.2 Å². The van der Waals surface area contributed by atoms with Crippen LogP contribution < -0.4 is 4.74 Å². The van der Waals surface area contributed by atoms with Gasteiger partial charge in [-0.25, -0.2) is 0 Å². The maximum atomic E-state index is 5.97. The highest BCUT2D eigenvalue weighted by Gasteiger charge is 2.23. The summed E-state index contributed by atoms with van der Waals surface area (Å²) < 4.78 is 7.78. The molecule has 7 heteroatoms. The Kier molecular flexibility index (Phi) is 3.59. The Bertz CT molecular complexity index is 599. The number of fused-ring (bicyclic) bond motifs is 1. The van der Waals surface area contributed by atoms with Crippen LogP contribution in [0.5, 0.6) is 5.88 Å². The van der Waals surface area contributed by atoms with E-state index in [2.05, 4.69) is 31.2 Å². The highest BCUT2D eigenvalue weighted by Crippen LogP contribution is 2.35. The second kappa shape index (κ2) is 5.05. The second-order valence-electron chi connectivity index (χ2n) is 4.46. The Hall–Kier alpha value is -0.210. The number of aromatic nitrogens is 3. The molecule has 0 aliphatic heterocycles. The fourth-order valence-corrected chi connectivity index (χ4v) is 3.30. The lowest BCUT2D eigenvalue weighted by Crippen LogP contribution is -2.02. The van der Waals surface area contributed by atoms with Crippen LogP contribution in [0, 0.1) is 12.8 Å². The van der Waals surface area contributed by atoms with Gasteiger partial charge in [0.2, 0.25) is 11.2 Å². The van der Waals surface area contributed by atoms with Crippen LogP contribution in [-0.2, 0) is 0 Å². The monoisotopic (exact) mass is 395 g/mol. The summed E-state index contributed by atoms with van der Waals surface area (Å²) in [6.45, 7) is 2.76. The smallest absolute Gasteiger partial charge is 0.227 e. The maximum Gasteiger partial charge on any atom is 0.227 e. The Morgan fingerprint density at radius 1 is 1.56 bits per heavy atom. The van der Waals surface area contributed by atoms with E-state index in [1.165, 1.54) is 12.8 Å². The quantitative estimate of drug-likeness (QED) is 0.579. The molecule has 0 atom stereocenters. The second-order valence-corrected chi connectivity index (χ2v) is 6.51. The van der Waals surface area contributed by atoms with E-state index in [-0.39, 0.29) is 5.28 Å². The fourth-order valence-electron chi connectivity index (χ4n) is 1.85. The van der Waals surface area contributed by atoms with Gasteiger partial charge in [0.1, 0.15) is 0 Å². The van der Waals surface area contributed by atoms with Crippen molar-refractivity contribution >= 4 is 53.0 Å². The van der Waals surface area contributed by atoms with Crippen LogP contribution in [0.3, 0.4) is 0 Å². The molecule has 0 unspecified atom stereocenters. The molecule has 0 spiro atoms. The zero-order valence-electron chi connectivity index (χ0n) is 9.69. The van der Waals surface area contributed by atoms with Crippen LogP contribution in [0.4, 0.5) is 0 Å². The Balaban J connectivity index is 2.07. The average Bonchev–Trinajstić information content (AvgIpc) is 3.11. The van der Waals surface area contributed by atoms with Gasteiger partial charge in [0.15, 0.2) is 5.65 Å². The lowest BCUT2D eigenvalue weighted by Gasteiger charge is -2.06. The molecular formula is C11H11ClIN3OS. The van der Waals surface area contributed by atoms with Gasteiger partial charge in [-0.1, -0.05) is 0 Å². The van der Waals surface area contributed by atoms with E-state index in [1.807, 2.05) is 17.1 Å². The summed E-state index contributed by atoms with van der Waals surface area (Å²) in [5.41, 5.74) is 1.93. The molecule has 18 heavy (non-hydrogen) atoms. The number of nitrogens with zero attached hydrogens (tertiary/aromatic N) is 3. The first-order valence-electron chi connectivity index (χ1n) is 5.66. The topological polar surface area (TPSA) is 39.9 Å². The van der Waals surface area contributed by atoms with Crippen molar-refractivity contribution in [1.82, 2.24) is 13.9 Å². The summed E-state index contributed by atoms with van der Waals surface area (Å²) in [5, 5.41) is 1.20. The zero-order valence-corrected chi connectivity index (χ0v) is 13.4. The van der Waals surface area contributed by atoms with E-state index >= 15 is 0 Å². The first-order chi connectivity index (χ1) is 8.69. The van der Waals surface area contributed by atoms with Crippen molar-refractivity contribution < 1.29 is 4.74 Å². The van der Waals surface area contributed by atoms with Gasteiger partial charge in [0, 0.05) is 36.5 Å². The molecule has 0 bridgehead atoms. The Morgan fingerprint density at radius 3 is 3.00 bits per heavy atom. The van der Waals surface area contributed by atoms with Gasteiger partial charge in [-0.3, -0.25) is 3.97 Å². The Labute approximate surface area is 126 Å². The average molecular weight is 396 g/mol. The highest BCUT2D eigenvalue weighted by atomic mass is 127. The number of aryl methyl sites for hydroxylation is 1. The van der Waals surface area contributed by atoms with Crippen LogP contribution in [0.2, 0.25) is 5.28 Å². The summed E-state index contributed by atoms with van der Waals surface area (Å²) in [7, 11) is 1.56. The lowest BCUT2D eigenvalue weighted by atomic mass is 10.3. The summed E-state index contributed by atoms with van der Waals surface area (Å²) in [6, 6.07) is 0. The largest absolute Gasteiger partial charge is 0.477 e. The minimum Gasteiger partial charge on any atom is -0.477 e. The molecular weight excluding hydrogens is 385 g/mol. The van der Waals surface area contributed by atoms with E-state index in [4.69, 9.17) is 16.3 Å². The molecule has 0 aromatic carbocycles. The van der Waals surface area contributed by atoms with Crippen molar-refractivity contribution in [1.29, 1.82) is 0 Å². The molecule has 3 rings (SSSR count). The minimum atomic E-state index is 0.234. The van der Waals surface area contributed by atoms with Crippen LogP contribution >= 0.6 is 41.9 Å². The maximum absolute atomic E-state index is 5.97.